The third-order valence-corrected chi connectivity index (χ3v) is 0. The molecule has 0 saturated heterocycles. The van der Waals surface area contributed by atoms with Crippen LogP contribution in [0.2, 0.25) is 0 Å². The van der Waals surface area contributed by atoms with Crippen molar-refractivity contribution in [3.63, 3.8) is 0 Å². The second-order valence-corrected chi connectivity index (χ2v) is 11.2. The first-order valence-corrected chi connectivity index (χ1v) is 17.4. The SMILES string of the molecule is CC(=O)[O-].CC(=O)[O-].CC(=O)[O-].CC(=O)[O-].CC(=O)[O-].CC(=O)[O-].CC(=O)[O-].CC(=O)[O-].CC(=O)[O-].CC(=O)[O-].CC(C)[O-].CC(C)[O-].CC(C)[O-].CC(C)[O-].CC(C)[O-].CC(C)[O-].[O-2].[O-2].[O-2].[O-2].[Ti+4].[Ti+4].[Ti+4].[Ti+4].[Zr+4].[Zr+4]. The third kappa shape index (κ3) is 299000. The van der Waals surface area contributed by atoms with Crippen LogP contribution in [0.25, 0.3) is 0 Å². The Labute approximate surface area is 534 Å². The first kappa shape index (κ1) is 171. The second kappa shape index (κ2) is 164. The van der Waals surface area contributed by atoms with Crippen LogP contribution in [0.15, 0.2) is 0 Å². The van der Waals surface area contributed by atoms with Crippen molar-refractivity contribution in [3.05, 3.63) is 0 Å². The molecule has 0 bridgehead atoms. The predicted octanol–water partition coefficient (Wildman–Crippen LogP) is -14.4. The molecular weight excluding hydrogens is 1310 g/mol. The Bertz CT molecular complexity index is 729. The van der Waals surface area contributed by atoms with Crippen LogP contribution in [0.5, 0.6) is 0 Å². The van der Waals surface area contributed by atoms with Crippen LogP contribution < -0.4 is 81.7 Å². The summed E-state index contributed by atoms with van der Waals surface area (Å²) >= 11 is 0. The predicted molar refractivity (Wildman–Crippen MR) is 200 cm³/mol. The van der Waals surface area contributed by atoms with Crippen LogP contribution in [-0.2, 0) is 209 Å². The molecule has 0 N–H and O–H groups in total. The van der Waals surface area contributed by atoms with Crippen LogP contribution in [0, 0.1) is 0 Å². The second-order valence-electron chi connectivity index (χ2n) is 11.2. The summed E-state index contributed by atoms with van der Waals surface area (Å²) in [6.07, 6.45) is -2.50. The van der Waals surface area contributed by atoms with Crippen molar-refractivity contribution >= 4 is 59.7 Å². The Balaban J connectivity index is -0.0000000137. The maximum Gasteiger partial charge on any atom is 4.00 e. The molecule has 36 heteroatoms. The van der Waals surface area contributed by atoms with Gasteiger partial charge in [-0.1, -0.05) is 83.1 Å². The van der Waals surface area contributed by atoms with Crippen molar-refractivity contribution in [2.45, 2.75) is 189 Å². The molecule has 0 rings (SSSR count). The zero-order valence-electron chi connectivity index (χ0n) is 45.7. The van der Waals surface area contributed by atoms with Gasteiger partial charge in [0.2, 0.25) is 0 Å². The largest absolute Gasteiger partial charge is 4.00 e. The van der Waals surface area contributed by atoms with Gasteiger partial charge in [-0.25, -0.2) is 0 Å². The number of carbonyl (C=O) groups is 10. The van der Waals surface area contributed by atoms with E-state index in [9.17, 15) is 30.6 Å². The molecule has 0 aromatic rings. The van der Waals surface area contributed by atoms with E-state index >= 15 is 0 Å². The molecule has 0 atom stereocenters. The molecule has 30 nitrogen and oxygen atoms in total. The number of carboxylic acids is 10. The van der Waals surface area contributed by atoms with Crippen LogP contribution in [-0.4, -0.2) is 96.3 Å². The van der Waals surface area contributed by atoms with E-state index in [1.165, 1.54) is 0 Å². The number of aliphatic carboxylic acids is 10. The number of hydrogen-bond acceptors (Lipinski definition) is 26. The Morgan fingerprint density at radius 1 is 0.203 bits per heavy atom. The Morgan fingerprint density at radius 2 is 0.203 bits per heavy atom. The fraction of sp³-hybridized carbons (Fsp3) is 0.737. The molecule has 0 heterocycles. The summed E-state index contributed by atoms with van der Waals surface area (Å²) in [5.74, 6) is -10.8. The maximum atomic E-state index is 9.53. The monoisotopic (exact) mass is 1380 g/mol. The Kier molecular flexibility index (Phi) is 380. The minimum Gasteiger partial charge on any atom is -2.00 e. The van der Waals surface area contributed by atoms with E-state index in [0.717, 1.165) is 69.2 Å². The summed E-state index contributed by atoms with van der Waals surface area (Å²) in [4.78, 5) is 88.9. The molecule has 428 valence electrons. The van der Waals surface area contributed by atoms with Gasteiger partial charge in [0, 0.05) is 59.7 Å². The summed E-state index contributed by atoms with van der Waals surface area (Å²) in [6, 6.07) is 0. The van der Waals surface area contributed by atoms with Gasteiger partial charge in [0.25, 0.3) is 0 Å². The summed E-state index contributed by atoms with van der Waals surface area (Å²) < 4.78 is 0. The third-order valence-electron chi connectivity index (χ3n) is 0. The first-order valence-electron chi connectivity index (χ1n) is 17.4. The number of carbonyl (C=O) groups excluding carboxylic acids is 10. The molecule has 74 heavy (non-hydrogen) atoms. The maximum absolute atomic E-state index is 9.53. The van der Waals surface area contributed by atoms with E-state index in [1.54, 1.807) is 83.1 Å². The number of rotatable bonds is 0. The molecule has 0 aliphatic carbocycles. The molecule has 0 spiro atoms. The molecule has 0 aliphatic heterocycles. The van der Waals surface area contributed by atoms with Crippen molar-refractivity contribution in [2.24, 2.45) is 0 Å². The van der Waals surface area contributed by atoms with Crippen LogP contribution in [0.3, 0.4) is 0 Å². The van der Waals surface area contributed by atoms with Gasteiger partial charge >= 0.3 is 139 Å². The number of hydrogen-bond donors (Lipinski definition) is 0. The summed E-state index contributed by atoms with van der Waals surface area (Å²) in [5, 5.41) is 146. The zero-order chi connectivity index (χ0) is 57.2. The summed E-state index contributed by atoms with van der Waals surface area (Å²) in [7, 11) is 0. The number of carboxylic acid groups (broad SMARTS) is 10. The van der Waals surface area contributed by atoms with Crippen molar-refractivity contribution in [1.29, 1.82) is 0 Å². The van der Waals surface area contributed by atoms with E-state index in [2.05, 4.69) is 0 Å². The van der Waals surface area contributed by atoms with Crippen molar-refractivity contribution in [3.8, 4) is 0 Å². The van der Waals surface area contributed by atoms with Gasteiger partial charge in [0.1, 0.15) is 0 Å². The van der Waals surface area contributed by atoms with Crippen molar-refractivity contribution < 1.29 is 291 Å². The molecule has 0 aromatic heterocycles. The fourth-order valence-corrected chi connectivity index (χ4v) is 0. The topological polar surface area (TPSA) is 654 Å². The molecule has 0 aliphatic rings. The van der Waals surface area contributed by atoms with E-state index in [-0.39, 0.29) is 161 Å². The van der Waals surface area contributed by atoms with Crippen LogP contribution >= 0.6 is 0 Å². The van der Waals surface area contributed by atoms with Gasteiger partial charge in [0.15, 0.2) is 0 Å². The average Bonchev–Trinajstić information content (AvgIpc) is 2.83. The molecular formula is C38H72O30Ti4Zr2. The normalized spacial score (nSPS) is 6.30. The first-order chi connectivity index (χ1) is 27.7. The van der Waals surface area contributed by atoms with E-state index in [1.807, 2.05) is 0 Å². The van der Waals surface area contributed by atoms with Gasteiger partial charge in [0.05, 0.1) is 0 Å². The van der Waals surface area contributed by atoms with Gasteiger partial charge < -0.3 is 152 Å². The molecule has 0 aromatic carbocycles. The van der Waals surface area contributed by atoms with Gasteiger partial charge in [-0.15, -0.1) is 36.6 Å². The quantitative estimate of drug-likeness (QED) is 0.203. The zero-order valence-corrected chi connectivity index (χ0v) is 56.9. The van der Waals surface area contributed by atoms with Gasteiger partial charge in [-0.05, 0) is 69.2 Å². The standard InChI is InChI=1S/6C3H7O.10C2H4O2.4O.4Ti.2Zr/c6*1-3(2)4;10*1-2(3)4;;;;;;;;;;/h6*3H,1-2H3;10*1H3,(H,3,4);;;;;;;;;;/q6*-1;;;;;;;;;;;4*-2;6*+4/p-10. The molecule has 0 saturated carbocycles. The summed E-state index contributed by atoms with van der Waals surface area (Å²) in [5.41, 5.74) is 0. The van der Waals surface area contributed by atoms with E-state index in [0.29, 0.717) is 0 Å². The molecule has 0 amide bonds. The van der Waals surface area contributed by atoms with Crippen molar-refractivity contribution in [1.82, 2.24) is 0 Å². The fourth-order valence-electron chi connectivity index (χ4n) is 0. The molecule has 0 fully saturated rings. The van der Waals surface area contributed by atoms with Gasteiger partial charge in [-0.2, -0.15) is 0 Å². The average molecular weight is 1380 g/mol. The van der Waals surface area contributed by atoms with E-state index < -0.39 is 96.3 Å². The minimum atomic E-state index is -1.08. The van der Waals surface area contributed by atoms with E-state index in [4.69, 9.17) is 99.0 Å². The minimum absolute atomic E-state index is 0. The molecule has 0 radical (unpaired) electrons. The Hall–Kier alpha value is -1.08. The smallest absolute Gasteiger partial charge is 2.00 e. The van der Waals surface area contributed by atoms with Crippen LogP contribution in [0.4, 0.5) is 0 Å². The van der Waals surface area contributed by atoms with Crippen molar-refractivity contribution in [2.75, 3.05) is 0 Å². The van der Waals surface area contributed by atoms with Gasteiger partial charge in [-0.3, -0.25) is 0 Å². The Morgan fingerprint density at radius 3 is 0.203 bits per heavy atom. The van der Waals surface area contributed by atoms with Crippen LogP contribution in [0.1, 0.15) is 152 Å². The summed E-state index contributed by atoms with van der Waals surface area (Å²) in [6.45, 7) is 29.1. The molecule has 0 unspecified atom stereocenters.